The van der Waals surface area contributed by atoms with Gasteiger partial charge in [-0.25, -0.2) is 0 Å². The van der Waals surface area contributed by atoms with Gasteiger partial charge >= 0.3 is 29.6 Å². The van der Waals surface area contributed by atoms with Crippen LogP contribution in [0.4, 0.5) is 4.79 Å². The van der Waals surface area contributed by atoms with Crippen LogP contribution in [0.3, 0.4) is 0 Å². The van der Waals surface area contributed by atoms with Crippen molar-refractivity contribution in [3.63, 3.8) is 0 Å². The number of hydrogen-bond donors (Lipinski definition) is 0. The van der Waals surface area contributed by atoms with Crippen LogP contribution < -0.4 is 34.7 Å². The molecule has 0 atom stereocenters. The minimum absolute atomic E-state index is 0. The largest absolute Gasteiger partial charge is 1.00 e. The van der Waals surface area contributed by atoms with E-state index in [0.717, 1.165) is 0 Å². The van der Waals surface area contributed by atoms with Gasteiger partial charge in [0.25, 0.3) is 6.16 Å². The predicted octanol–water partition coefficient (Wildman–Crippen LogP) is -3.61. The van der Waals surface area contributed by atoms with E-state index in [2.05, 4.69) is 4.74 Å². The van der Waals surface area contributed by atoms with E-state index in [9.17, 15) is 9.90 Å². The van der Waals surface area contributed by atoms with Crippen LogP contribution in [0.5, 0.6) is 0 Å². The first-order chi connectivity index (χ1) is 4.27. The zero-order valence-electron chi connectivity index (χ0n) is 6.25. The smallest absolute Gasteiger partial charge is 0.547 e. The Hall–Kier alpha value is 0.230. The summed E-state index contributed by atoms with van der Waals surface area (Å²) in [5.74, 6) is 0. The van der Waals surface area contributed by atoms with Gasteiger partial charge in [0.05, 0.1) is 13.2 Å². The summed E-state index contributed by atoms with van der Waals surface area (Å²) in [6.07, 6.45) is -1.50. The molecule has 0 aromatic carbocycles. The summed E-state index contributed by atoms with van der Waals surface area (Å²) in [6.45, 7) is 2.73. The van der Waals surface area contributed by atoms with E-state index in [-0.39, 0.29) is 36.2 Å². The van der Waals surface area contributed by atoms with Crippen molar-refractivity contribution < 1.29 is 48.9 Å². The average Bonchev–Trinajstić information content (AvgIpc) is 1.80. The maximum Gasteiger partial charge on any atom is 1.00 e. The fraction of sp³-hybridized carbons (Fsp3) is 0.800. The summed E-state index contributed by atoms with van der Waals surface area (Å²) in [5.41, 5.74) is 0. The summed E-state index contributed by atoms with van der Waals surface area (Å²) >= 11 is 0. The topological polar surface area (TPSA) is 58.6 Å². The van der Waals surface area contributed by atoms with Gasteiger partial charge in [0, 0.05) is 6.61 Å². The minimum atomic E-state index is -1.50. The molecule has 54 valence electrons. The summed E-state index contributed by atoms with van der Waals surface area (Å²) in [4.78, 5) is 9.57. The molecule has 0 saturated carbocycles. The van der Waals surface area contributed by atoms with E-state index >= 15 is 0 Å². The fourth-order valence-electron chi connectivity index (χ4n) is 0.328. The Morgan fingerprint density at radius 2 is 2.10 bits per heavy atom. The second-order valence-electron chi connectivity index (χ2n) is 1.30. The molecule has 0 spiro atoms. The van der Waals surface area contributed by atoms with Crippen LogP contribution in [0.25, 0.3) is 0 Å². The molecule has 0 aromatic rings. The summed E-state index contributed by atoms with van der Waals surface area (Å²) in [7, 11) is 0. The minimum Gasteiger partial charge on any atom is -0.547 e. The Morgan fingerprint density at radius 1 is 1.50 bits per heavy atom. The van der Waals surface area contributed by atoms with Crippen molar-refractivity contribution in [1.29, 1.82) is 0 Å². The van der Waals surface area contributed by atoms with Crippen molar-refractivity contribution >= 4 is 6.16 Å². The number of ether oxygens (including phenoxy) is 2. The van der Waals surface area contributed by atoms with Crippen molar-refractivity contribution in [3.05, 3.63) is 0 Å². The maximum atomic E-state index is 9.57. The molecule has 0 fully saturated rings. The number of hydrogen-bond acceptors (Lipinski definition) is 4. The summed E-state index contributed by atoms with van der Waals surface area (Å²) in [5, 5.41) is 9.57. The van der Waals surface area contributed by atoms with E-state index < -0.39 is 6.16 Å². The molecular formula is C5H9NaO4. The molecule has 5 heteroatoms. The van der Waals surface area contributed by atoms with Gasteiger partial charge in [-0.3, -0.25) is 0 Å². The van der Waals surface area contributed by atoms with Crippen molar-refractivity contribution in [3.8, 4) is 0 Å². The van der Waals surface area contributed by atoms with Crippen LogP contribution in [0, 0.1) is 0 Å². The zero-order chi connectivity index (χ0) is 7.11. The molecule has 10 heavy (non-hydrogen) atoms. The molecule has 0 N–H and O–H groups in total. The second kappa shape index (κ2) is 9.23. The molecule has 0 rings (SSSR count). The van der Waals surface area contributed by atoms with E-state index in [0.29, 0.717) is 13.2 Å². The number of rotatable bonds is 4. The van der Waals surface area contributed by atoms with Gasteiger partial charge in [-0.15, -0.1) is 0 Å². The normalized spacial score (nSPS) is 8.10. The third-order valence-electron chi connectivity index (χ3n) is 0.652. The van der Waals surface area contributed by atoms with Crippen LogP contribution in [-0.4, -0.2) is 26.0 Å². The van der Waals surface area contributed by atoms with Crippen LogP contribution in [0.2, 0.25) is 0 Å². The SMILES string of the molecule is CCOCCOC(=O)[O-].[Na+]. The Bertz CT molecular complexity index is 85.7. The molecule has 0 heterocycles. The Balaban J connectivity index is 0. The fourth-order valence-corrected chi connectivity index (χ4v) is 0.328. The first-order valence-electron chi connectivity index (χ1n) is 2.69. The van der Waals surface area contributed by atoms with E-state index in [4.69, 9.17) is 4.74 Å². The molecule has 0 amide bonds. The second-order valence-corrected chi connectivity index (χ2v) is 1.30. The van der Waals surface area contributed by atoms with Crippen molar-refractivity contribution in [1.82, 2.24) is 0 Å². The van der Waals surface area contributed by atoms with Gasteiger partial charge in [0.2, 0.25) is 0 Å². The molecule has 0 aliphatic heterocycles. The van der Waals surface area contributed by atoms with E-state index in [1.54, 1.807) is 0 Å². The number of carboxylic acid groups (broad SMARTS) is 1. The van der Waals surface area contributed by atoms with Crippen LogP contribution in [0.1, 0.15) is 6.92 Å². The molecule has 4 nitrogen and oxygen atoms in total. The third kappa shape index (κ3) is 11.1. The van der Waals surface area contributed by atoms with E-state index in [1.807, 2.05) is 6.92 Å². The molecule has 0 saturated heterocycles. The Kier molecular flexibility index (Phi) is 11.9. The van der Waals surface area contributed by atoms with Crippen LogP contribution >= 0.6 is 0 Å². The zero-order valence-corrected chi connectivity index (χ0v) is 8.25. The molecule has 0 aliphatic rings. The first-order valence-corrected chi connectivity index (χ1v) is 2.69. The maximum absolute atomic E-state index is 9.57. The van der Waals surface area contributed by atoms with Gasteiger partial charge < -0.3 is 19.4 Å². The summed E-state index contributed by atoms with van der Waals surface area (Å²) in [6, 6.07) is 0. The van der Waals surface area contributed by atoms with Crippen molar-refractivity contribution in [2.45, 2.75) is 6.92 Å². The van der Waals surface area contributed by atoms with Gasteiger partial charge in [-0.1, -0.05) is 0 Å². The van der Waals surface area contributed by atoms with Gasteiger partial charge in [-0.05, 0) is 6.92 Å². The quantitative estimate of drug-likeness (QED) is 0.239. The van der Waals surface area contributed by atoms with Gasteiger partial charge in [-0.2, -0.15) is 0 Å². The molecule has 0 unspecified atom stereocenters. The third-order valence-corrected chi connectivity index (χ3v) is 0.652. The molecule has 0 aliphatic carbocycles. The molecule has 0 radical (unpaired) electrons. The molecule has 0 bridgehead atoms. The van der Waals surface area contributed by atoms with Gasteiger partial charge in [0.15, 0.2) is 0 Å². The average molecular weight is 156 g/mol. The van der Waals surface area contributed by atoms with Crippen LogP contribution in [0.15, 0.2) is 0 Å². The standard InChI is InChI=1S/C5H10O4.Na/c1-2-8-3-4-9-5(6)7;/h2-4H2,1H3,(H,6,7);/q;+1/p-1. The van der Waals surface area contributed by atoms with Crippen LogP contribution in [-0.2, 0) is 9.47 Å². The monoisotopic (exact) mass is 156 g/mol. The number of carbonyl (C=O) groups is 1. The molecule has 0 aromatic heterocycles. The molecular weight excluding hydrogens is 147 g/mol. The Labute approximate surface area is 81.8 Å². The van der Waals surface area contributed by atoms with Crippen molar-refractivity contribution in [2.75, 3.05) is 19.8 Å². The van der Waals surface area contributed by atoms with E-state index in [1.165, 1.54) is 0 Å². The van der Waals surface area contributed by atoms with Crippen molar-refractivity contribution in [2.24, 2.45) is 0 Å². The predicted molar refractivity (Wildman–Crippen MR) is 27.8 cm³/mol. The van der Waals surface area contributed by atoms with Gasteiger partial charge in [0.1, 0.15) is 0 Å². The number of carbonyl (C=O) groups excluding carboxylic acids is 1. The Morgan fingerprint density at radius 3 is 2.50 bits per heavy atom. The summed E-state index contributed by atoms with van der Waals surface area (Å²) < 4.78 is 8.79. The first kappa shape index (κ1) is 12.9.